The molecule has 1 aliphatic carbocycles. The normalized spacial score (nSPS) is 15.1. The van der Waals surface area contributed by atoms with E-state index in [1.807, 2.05) is 0 Å². The molecule has 0 fully saturated rings. The molecule has 4 heteroatoms. The molecule has 0 saturated carbocycles. The maximum absolute atomic E-state index is 11.8. The molecule has 0 amide bonds. The molecule has 0 atom stereocenters. The van der Waals surface area contributed by atoms with E-state index in [1.54, 1.807) is 12.1 Å². The Bertz CT molecular complexity index is 480. The first-order chi connectivity index (χ1) is 8.13. The summed E-state index contributed by atoms with van der Waals surface area (Å²) in [6, 6.07) is 3.28. The lowest BCUT2D eigenvalue weighted by molar-refractivity contribution is 0.0600. The average Bonchev–Trinajstić information content (AvgIpc) is 2.50. The molecular formula is C13H13ClO3. The quantitative estimate of drug-likeness (QED) is 0.570. The van der Waals surface area contributed by atoms with Gasteiger partial charge in [-0.05, 0) is 37.0 Å². The summed E-state index contributed by atoms with van der Waals surface area (Å²) in [4.78, 5) is 23.3. The first kappa shape index (κ1) is 12.1. The van der Waals surface area contributed by atoms with Gasteiger partial charge in [-0.1, -0.05) is 11.6 Å². The van der Waals surface area contributed by atoms with Crippen LogP contribution in [-0.4, -0.2) is 18.9 Å². The van der Waals surface area contributed by atoms with Crippen molar-refractivity contribution in [3.63, 3.8) is 0 Å². The molecule has 0 bridgehead atoms. The summed E-state index contributed by atoms with van der Waals surface area (Å²) in [5.74, 6) is -0.356. The molecule has 0 heterocycles. The monoisotopic (exact) mass is 252 g/mol. The van der Waals surface area contributed by atoms with Crippen LogP contribution >= 0.6 is 11.6 Å². The number of ether oxygens (including phenoxy) is 1. The van der Waals surface area contributed by atoms with Gasteiger partial charge in [0.15, 0.2) is 5.78 Å². The number of hydrogen-bond donors (Lipinski definition) is 0. The molecule has 17 heavy (non-hydrogen) atoms. The Labute approximate surface area is 105 Å². The number of hydrogen-bond acceptors (Lipinski definition) is 3. The van der Waals surface area contributed by atoms with E-state index in [0.717, 1.165) is 24.8 Å². The number of Topliss-reactive ketones (excluding diaryl/α,β-unsaturated/α-hetero) is 1. The van der Waals surface area contributed by atoms with Crippen molar-refractivity contribution in [1.29, 1.82) is 0 Å². The Hall–Kier alpha value is -1.35. The van der Waals surface area contributed by atoms with Crippen molar-refractivity contribution in [3.8, 4) is 0 Å². The third-order valence-electron chi connectivity index (χ3n) is 3.00. The predicted molar refractivity (Wildman–Crippen MR) is 64.7 cm³/mol. The molecule has 1 aromatic rings. The average molecular weight is 253 g/mol. The molecule has 90 valence electrons. The van der Waals surface area contributed by atoms with E-state index in [-0.39, 0.29) is 10.8 Å². The van der Waals surface area contributed by atoms with Gasteiger partial charge in [0.1, 0.15) is 0 Å². The highest BCUT2D eigenvalue weighted by atomic mass is 35.5. The smallest absolute Gasteiger partial charge is 0.339 e. The van der Waals surface area contributed by atoms with Gasteiger partial charge in [0, 0.05) is 12.0 Å². The van der Waals surface area contributed by atoms with Gasteiger partial charge in [-0.3, -0.25) is 4.79 Å². The third kappa shape index (κ3) is 2.34. The number of esters is 1. The number of benzene rings is 1. The summed E-state index contributed by atoms with van der Waals surface area (Å²) in [6.45, 7) is 0. The van der Waals surface area contributed by atoms with E-state index in [9.17, 15) is 9.59 Å². The van der Waals surface area contributed by atoms with E-state index in [4.69, 9.17) is 11.6 Å². The standard InChI is InChI=1S/C13H13ClO3/c1-17-13(16)10-6-8-4-2-3-5-12(15)9(8)7-11(10)14/h6-7H,2-5H2,1H3. The van der Waals surface area contributed by atoms with Crippen LogP contribution in [0.1, 0.15) is 45.5 Å². The van der Waals surface area contributed by atoms with Crippen molar-refractivity contribution in [2.24, 2.45) is 0 Å². The molecule has 0 aromatic heterocycles. The van der Waals surface area contributed by atoms with Crippen molar-refractivity contribution in [2.75, 3.05) is 7.11 Å². The molecule has 1 aromatic carbocycles. The lowest BCUT2D eigenvalue weighted by Crippen LogP contribution is -2.07. The maximum Gasteiger partial charge on any atom is 0.339 e. The highest BCUT2D eigenvalue weighted by Gasteiger charge is 2.20. The van der Waals surface area contributed by atoms with Crippen LogP contribution in [0.2, 0.25) is 5.02 Å². The van der Waals surface area contributed by atoms with Gasteiger partial charge < -0.3 is 4.74 Å². The molecule has 0 N–H and O–H groups in total. The molecule has 0 saturated heterocycles. The Morgan fingerprint density at radius 2 is 2.00 bits per heavy atom. The Morgan fingerprint density at radius 1 is 1.29 bits per heavy atom. The zero-order chi connectivity index (χ0) is 12.4. The lowest BCUT2D eigenvalue weighted by Gasteiger charge is -2.09. The van der Waals surface area contributed by atoms with E-state index in [1.165, 1.54) is 7.11 Å². The van der Waals surface area contributed by atoms with Crippen LogP contribution in [-0.2, 0) is 11.2 Å². The van der Waals surface area contributed by atoms with Crippen LogP contribution in [0, 0.1) is 0 Å². The molecule has 0 radical (unpaired) electrons. The SMILES string of the molecule is COC(=O)c1cc2c(cc1Cl)C(=O)CCCC2. The summed E-state index contributed by atoms with van der Waals surface area (Å²) in [6.07, 6.45) is 3.21. The fourth-order valence-corrected chi connectivity index (χ4v) is 2.33. The van der Waals surface area contributed by atoms with Gasteiger partial charge in [-0.15, -0.1) is 0 Å². The summed E-state index contributed by atoms with van der Waals surface area (Å²) >= 11 is 6.00. The number of halogens is 1. The fourth-order valence-electron chi connectivity index (χ4n) is 2.09. The first-order valence-corrected chi connectivity index (χ1v) is 5.95. The topological polar surface area (TPSA) is 43.4 Å². The molecule has 2 rings (SSSR count). The van der Waals surface area contributed by atoms with Gasteiger partial charge in [0.2, 0.25) is 0 Å². The van der Waals surface area contributed by atoms with E-state index in [0.29, 0.717) is 17.5 Å². The van der Waals surface area contributed by atoms with Gasteiger partial charge in [-0.25, -0.2) is 4.79 Å². The van der Waals surface area contributed by atoms with E-state index < -0.39 is 5.97 Å². The molecule has 0 spiro atoms. The van der Waals surface area contributed by atoms with Crippen molar-refractivity contribution < 1.29 is 14.3 Å². The van der Waals surface area contributed by atoms with E-state index in [2.05, 4.69) is 4.74 Å². The Balaban J connectivity index is 2.52. The zero-order valence-corrected chi connectivity index (χ0v) is 10.3. The van der Waals surface area contributed by atoms with Gasteiger partial charge in [0.05, 0.1) is 17.7 Å². The molecule has 0 aliphatic heterocycles. The third-order valence-corrected chi connectivity index (χ3v) is 3.31. The van der Waals surface area contributed by atoms with Crippen LogP contribution in [0.15, 0.2) is 12.1 Å². The number of ketones is 1. The minimum Gasteiger partial charge on any atom is -0.465 e. The summed E-state index contributed by atoms with van der Waals surface area (Å²) in [7, 11) is 1.31. The lowest BCUT2D eigenvalue weighted by atomic mass is 9.99. The number of methoxy groups -OCH3 is 1. The maximum atomic E-state index is 11.8. The summed E-state index contributed by atoms with van der Waals surface area (Å²) in [5, 5.41) is 0.283. The molecular weight excluding hydrogens is 240 g/mol. The predicted octanol–water partition coefficient (Wildman–Crippen LogP) is 3.04. The second kappa shape index (κ2) is 4.88. The molecule has 1 aliphatic rings. The van der Waals surface area contributed by atoms with Gasteiger partial charge in [-0.2, -0.15) is 0 Å². The first-order valence-electron chi connectivity index (χ1n) is 5.57. The van der Waals surface area contributed by atoms with Crippen LogP contribution < -0.4 is 0 Å². The van der Waals surface area contributed by atoms with E-state index >= 15 is 0 Å². The molecule has 3 nitrogen and oxygen atoms in total. The van der Waals surface area contributed by atoms with Gasteiger partial charge >= 0.3 is 5.97 Å². The van der Waals surface area contributed by atoms with Crippen LogP contribution in [0.3, 0.4) is 0 Å². The Kier molecular flexibility index (Phi) is 3.48. The highest BCUT2D eigenvalue weighted by molar-refractivity contribution is 6.34. The number of carbonyl (C=O) groups is 2. The number of fused-ring (bicyclic) bond motifs is 1. The number of aryl methyl sites for hydroxylation is 1. The van der Waals surface area contributed by atoms with Crippen molar-refractivity contribution in [2.45, 2.75) is 25.7 Å². The zero-order valence-electron chi connectivity index (χ0n) is 9.59. The van der Waals surface area contributed by atoms with Crippen molar-refractivity contribution in [3.05, 3.63) is 33.8 Å². The second-order valence-electron chi connectivity index (χ2n) is 4.11. The van der Waals surface area contributed by atoms with Crippen molar-refractivity contribution >= 4 is 23.4 Å². The van der Waals surface area contributed by atoms with Crippen molar-refractivity contribution in [1.82, 2.24) is 0 Å². The fraction of sp³-hybridized carbons (Fsp3) is 0.385. The second-order valence-corrected chi connectivity index (χ2v) is 4.52. The number of rotatable bonds is 1. The van der Waals surface area contributed by atoms with Crippen LogP contribution in [0.5, 0.6) is 0 Å². The van der Waals surface area contributed by atoms with Crippen LogP contribution in [0.25, 0.3) is 0 Å². The largest absolute Gasteiger partial charge is 0.465 e. The minimum absolute atomic E-state index is 0.107. The highest BCUT2D eigenvalue weighted by Crippen LogP contribution is 2.27. The number of carbonyl (C=O) groups excluding carboxylic acids is 2. The Morgan fingerprint density at radius 3 is 2.71 bits per heavy atom. The summed E-state index contributed by atoms with van der Waals surface area (Å²) < 4.78 is 4.66. The summed E-state index contributed by atoms with van der Waals surface area (Å²) in [5.41, 5.74) is 1.89. The van der Waals surface area contributed by atoms with Gasteiger partial charge in [0.25, 0.3) is 0 Å². The molecule has 0 unspecified atom stereocenters. The van der Waals surface area contributed by atoms with Crippen LogP contribution in [0.4, 0.5) is 0 Å². The minimum atomic E-state index is -0.463.